The molecule has 0 spiro atoms. The van der Waals surface area contributed by atoms with Crippen molar-refractivity contribution in [1.29, 1.82) is 5.26 Å². The van der Waals surface area contributed by atoms with Gasteiger partial charge >= 0.3 is 0 Å². The SMILES string of the molecule is COc1cc(Nc2ncc(F)c(Nc3ccc(OCC#N)cc3)n2)ccc1S(N)(=O)=O. The highest BCUT2D eigenvalue weighted by molar-refractivity contribution is 7.89. The van der Waals surface area contributed by atoms with Gasteiger partial charge in [0.05, 0.1) is 13.3 Å². The van der Waals surface area contributed by atoms with E-state index < -0.39 is 15.8 Å². The molecule has 1 aromatic heterocycles. The Morgan fingerprint density at radius 3 is 2.52 bits per heavy atom. The number of rotatable bonds is 8. The molecule has 3 aromatic rings. The monoisotopic (exact) mass is 444 g/mol. The number of hydrogen-bond donors (Lipinski definition) is 3. The third kappa shape index (κ3) is 5.56. The second-order valence-electron chi connectivity index (χ2n) is 6.02. The lowest BCUT2D eigenvalue weighted by molar-refractivity contribution is 0.368. The maximum absolute atomic E-state index is 14.2. The Hall–Kier alpha value is -3.95. The van der Waals surface area contributed by atoms with E-state index in [1.165, 1.54) is 25.3 Å². The van der Waals surface area contributed by atoms with E-state index in [9.17, 15) is 12.8 Å². The van der Waals surface area contributed by atoms with Crippen LogP contribution in [-0.2, 0) is 10.0 Å². The van der Waals surface area contributed by atoms with E-state index in [0.717, 1.165) is 6.20 Å². The van der Waals surface area contributed by atoms with Crippen LogP contribution in [0.3, 0.4) is 0 Å². The smallest absolute Gasteiger partial charge is 0.241 e. The van der Waals surface area contributed by atoms with Crippen LogP contribution in [0.2, 0.25) is 0 Å². The predicted molar refractivity (Wildman–Crippen MR) is 110 cm³/mol. The fraction of sp³-hybridized carbons (Fsp3) is 0.105. The number of anilines is 4. The molecule has 0 aliphatic heterocycles. The van der Waals surface area contributed by atoms with E-state index in [4.69, 9.17) is 19.9 Å². The van der Waals surface area contributed by atoms with Gasteiger partial charge in [0.2, 0.25) is 16.0 Å². The van der Waals surface area contributed by atoms with E-state index >= 15 is 0 Å². The summed E-state index contributed by atoms with van der Waals surface area (Å²) < 4.78 is 47.6. The van der Waals surface area contributed by atoms with Gasteiger partial charge in [0.25, 0.3) is 0 Å². The van der Waals surface area contributed by atoms with Gasteiger partial charge in [0.15, 0.2) is 18.2 Å². The highest BCUT2D eigenvalue weighted by atomic mass is 32.2. The van der Waals surface area contributed by atoms with Crippen molar-refractivity contribution < 1.29 is 22.3 Å². The van der Waals surface area contributed by atoms with E-state index in [1.807, 2.05) is 6.07 Å². The van der Waals surface area contributed by atoms with Crippen molar-refractivity contribution in [1.82, 2.24) is 9.97 Å². The molecule has 10 nitrogen and oxygen atoms in total. The Balaban J connectivity index is 1.79. The van der Waals surface area contributed by atoms with Gasteiger partial charge in [-0.05, 0) is 36.4 Å². The Morgan fingerprint density at radius 2 is 1.87 bits per heavy atom. The Bertz CT molecular complexity index is 1230. The van der Waals surface area contributed by atoms with Gasteiger partial charge in [-0.3, -0.25) is 0 Å². The predicted octanol–water partition coefficient (Wildman–Crippen LogP) is 2.66. The van der Waals surface area contributed by atoms with Crippen molar-refractivity contribution in [3.8, 4) is 17.6 Å². The highest BCUT2D eigenvalue weighted by Crippen LogP contribution is 2.28. The molecule has 0 aliphatic carbocycles. The van der Waals surface area contributed by atoms with Crippen LogP contribution in [0.1, 0.15) is 0 Å². The van der Waals surface area contributed by atoms with Crippen LogP contribution >= 0.6 is 0 Å². The number of nitriles is 1. The molecule has 1 heterocycles. The van der Waals surface area contributed by atoms with Gasteiger partial charge < -0.3 is 20.1 Å². The number of ether oxygens (including phenoxy) is 2. The fourth-order valence-electron chi connectivity index (χ4n) is 2.51. The summed E-state index contributed by atoms with van der Waals surface area (Å²) in [4.78, 5) is 7.80. The minimum atomic E-state index is -3.96. The number of sulfonamides is 1. The van der Waals surface area contributed by atoms with Crippen molar-refractivity contribution >= 4 is 33.2 Å². The fourth-order valence-corrected chi connectivity index (χ4v) is 3.19. The van der Waals surface area contributed by atoms with Gasteiger partial charge in [0.1, 0.15) is 22.5 Å². The molecule has 4 N–H and O–H groups in total. The van der Waals surface area contributed by atoms with Crippen LogP contribution < -0.4 is 25.2 Å². The average Bonchev–Trinajstić information content (AvgIpc) is 2.74. The maximum atomic E-state index is 14.2. The number of hydrogen-bond acceptors (Lipinski definition) is 9. The minimum absolute atomic E-state index is 0.0340. The summed E-state index contributed by atoms with van der Waals surface area (Å²) in [5, 5.41) is 19.4. The second-order valence-corrected chi connectivity index (χ2v) is 7.55. The zero-order valence-corrected chi connectivity index (χ0v) is 17.0. The summed E-state index contributed by atoms with van der Waals surface area (Å²) in [6, 6.07) is 12.5. The normalized spacial score (nSPS) is 10.8. The lowest BCUT2D eigenvalue weighted by Gasteiger charge is -2.12. The molecule has 0 radical (unpaired) electrons. The molecule has 0 saturated carbocycles. The summed E-state index contributed by atoms with van der Waals surface area (Å²) in [5.74, 6) is -0.182. The first-order chi connectivity index (χ1) is 14.8. The van der Waals surface area contributed by atoms with Crippen LogP contribution in [0.5, 0.6) is 11.5 Å². The third-order valence-electron chi connectivity index (χ3n) is 3.89. The van der Waals surface area contributed by atoms with Crippen molar-refractivity contribution in [2.24, 2.45) is 5.14 Å². The highest BCUT2D eigenvalue weighted by Gasteiger charge is 2.16. The third-order valence-corrected chi connectivity index (χ3v) is 4.84. The zero-order chi connectivity index (χ0) is 22.4. The van der Waals surface area contributed by atoms with Crippen LogP contribution in [0.25, 0.3) is 0 Å². The molecule has 0 aliphatic rings. The number of primary sulfonamides is 1. The van der Waals surface area contributed by atoms with Crippen molar-refractivity contribution in [2.75, 3.05) is 24.4 Å². The first-order valence-corrected chi connectivity index (χ1v) is 10.2. The van der Waals surface area contributed by atoms with Crippen molar-refractivity contribution in [2.45, 2.75) is 4.90 Å². The van der Waals surface area contributed by atoms with Crippen LogP contribution in [0.15, 0.2) is 53.6 Å². The van der Waals surface area contributed by atoms with Gasteiger partial charge in [-0.2, -0.15) is 10.2 Å². The summed E-state index contributed by atoms with van der Waals surface area (Å²) in [7, 11) is -2.65. The topological polar surface area (TPSA) is 152 Å². The molecule has 3 rings (SSSR count). The molecule has 160 valence electrons. The molecule has 31 heavy (non-hydrogen) atoms. The molecule has 0 fully saturated rings. The van der Waals surface area contributed by atoms with Crippen LogP contribution in [-0.4, -0.2) is 32.1 Å². The number of methoxy groups -OCH3 is 1. The van der Waals surface area contributed by atoms with E-state index in [1.54, 1.807) is 24.3 Å². The first kappa shape index (κ1) is 21.8. The number of benzene rings is 2. The van der Waals surface area contributed by atoms with Gasteiger partial charge in [-0.1, -0.05) is 0 Å². The maximum Gasteiger partial charge on any atom is 0.241 e. The molecular weight excluding hydrogens is 427 g/mol. The molecule has 0 unspecified atom stereocenters. The molecule has 0 saturated heterocycles. The Kier molecular flexibility index (Phi) is 6.49. The summed E-state index contributed by atoms with van der Waals surface area (Å²) in [5.41, 5.74) is 0.938. The van der Waals surface area contributed by atoms with E-state index in [0.29, 0.717) is 17.1 Å². The van der Waals surface area contributed by atoms with E-state index in [2.05, 4.69) is 20.6 Å². The lowest BCUT2D eigenvalue weighted by atomic mass is 10.3. The van der Waals surface area contributed by atoms with Crippen LogP contribution in [0, 0.1) is 17.1 Å². The molecule has 0 atom stereocenters. The van der Waals surface area contributed by atoms with Crippen LogP contribution in [0.4, 0.5) is 27.5 Å². The summed E-state index contributed by atoms with van der Waals surface area (Å²) in [6.07, 6.45) is 0.984. The molecule has 0 bridgehead atoms. The Morgan fingerprint density at radius 1 is 1.16 bits per heavy atom. The van der Waals surface area contributed by atoms with E-state index in [-0.39, 0.29) is 29.0 Å². The quantitative estimate of drug-likeness (QED) is 0.476. The zero-order valence-electron chi connectivity index (χ0n) is 16.2. The van der Waals surface area contributed by atoms with Crippen molar-refractivity contribution in [3.63, 3.8) is 0 Å². The number of nitrogens with zero attached hydrogens (tertiary/aromatic N) is 3. The summed E-state index contributed by atoms with van der Waals surface area (Å²) in [6.45, 7) is -0.0781. The largest absolute Gasteiger partial charge is 0.495 e. The minimum Gasteiger partial charge on any atom is -0.495 e. The number of halogens is 1. The standard InChI is InChI=1S/C19H17FN6O4S/c1-29-16-10-13(4-7-17(16)31(22,27)28)25-19-23-11-15(20)18(26-19)24-12-2-5-14(6-3-12)30-9-8-21/h2-7,10-11H,9H2,1H3,(H2,22,27,28)(H2,23,24,25,26). The first-order valence-electron chi connectivity index (χ1n) is 8.67. The molecule has 2 aromatic carbocycles. The second kappa shape index (κ2) is 9.24. The number of nitrogens with two attached hydrogens (primary N) is 1. The summed E-state index contributed by atoms with van der Waals surface area (Å²) >= 11 is 0. The van der Waals surface area contributed by atoms with Gasteiger partial charge in [-0.15, -0.1) is 0 Å². The number of nitrogens with one attached hydrogen (secondary N) is 2. The van der Waals surface area contributed by atoms with Crippen molar-refractivity contribution in [3.05, 3.63) is 54.5 Å². The molecular formula is C19H17FN6O4S. The van der Waals surface area contributed by atoms with Gasteiger partial charge in [-0.25, -0.2) is 22.9 Å². The van der Waals surface area contributed by atoms with Gasteiger partial charge in [0, 0.05) is 17.4 Å². The molecule has 0 amide bonds. The number of aromatic nitrogens is 2. The lowest BCUT2D eigenvalue weighted by Crippen LogP contribution is -2.13. The molecule has 12 heteroatoms. The average molecular weight is 444 g/mol. The Labute approximate surface area is 177 Å².